The standard InChI is InChI=1S/C14H18N4O2/c1-17-6-8-18(9-7-17)14-15-13(20-16-14)10-11-4-2-3-5-12(11)19/h2-5,19H,6-10H2,1H3. The van der Waals surface area contributed by atoms with Crippen molar-refractivity contribution in [1.82, 2.24) is 15.0 Å². The highest BCUT2D eigenvalue weighted by molar-refractivity contribution is 5.35. The molecule has 0 bridgehead atoms. The lowest BCUT2D eigenvalue weighted by Crippen LogP contribution is -2.44. The van der Waals surface area contributed by atoms with Gasteiger partial charge < -0.3 is 19.4 Å². The maximum absolute atomic E-state index is 9.75. The first-order chi connectivity index (χ1) is 9.72. The van der Waals surface area contributed by atoms with Gasteiger partial charge in [-0.05, 0) is 18.3 Å². The lowest BCUT2D eigenvalue weighted by Gasteiger charge is -2.31. The summed E-state index contributed by atoms with van der Waals surface area (Å²) in [6.45, 7) is 3.82. The van der Waals surface area contributed by atoms with Crippen LogP contribution in [0.1, 0.15) is 11.5 Å². The molecule has 6 nitrogen and oxygen atoms in total. The number of anilines is 1. The summed E-state index contributed by atoms with van der Waals surface area (Å²) in [5.41, 5.74) is 0.793. The van der Waals surface area contributed by atoms with Gasteiger partial charge in [0.15, 0.2) is 0 Å². The third-order valence-electron chi connectivity index (χ3n) is 3.58. The maximum atomic E-state index is 9.75. The fourth-order valence-electron chi connectivity index (χ4n) is 2.28. The van der Waals surface area contributed by atoms with Crippen molar-refractivity contribution in [2.45, 2.75) is 6.42 Å². The average Bonchev–Trinajstić information content (AvgIpc) is 2.91. The van der Waals surface area contributed by atoms with E-state index < -0.39 is 0 Å². The third kappa shape index (κ3) is 2.75. The van der Waals surface area contributed by atoms with Crippen LogP contribution in [0.4, 0.5) is 5.95 Å². The van der Waals surface area contributed by atoms with Crippen LogP contribution in [-0.2, 0) is 6.42 Å². The molecule has 1 fully saturated rings. The van der Waals surface area contributed by atoms with Crippen molar-refractivity contribution in [1.29, 1.82) is 0 Å². The second kappa shape index (κ2) is 5.50. The molecule has 6 heteroatoms. The first kappa shape index (κ1) is 12.9. The molecule has 1 N–H and O–H groups in total. The first-order valence-electron chi connectivity index (χ1n) is 6.75. The number of hydrogen-bond acceptors (Lipinski definition) is 6. The van der Waals surface area contributed by atoms with E-state index >= 15 is 0 Å². The molecular weight excluding hydrogens is 256 g/mol. The van der Waals surface area contributed by atoms with E-state index in [4.69, 9.17) is 4.52 Å². The molecule has 2 aromatic rings. The zero-order valence-electron chi connectivity index (χ0n) is 11.5. The molecule has 0 saturated carbocycles. The second-order valence-corrected chi connectivity index (χ2v) is 5.08. The van der Waals surface area contributed by atoms with Gasteiger partial charge in [-0.1, -0.05) is 18.2 Å². The first-order valence-corrected chi connectivity index (χ1v) is 6.75. The van der Waals surface area contributed by atoms with Crippen LogP contribution in [0, 0.1) is 0 Å². The molecule has 1 aromatic heterocycles. The zero-order valence-corrected chi connectivity index (χ0v) is 11.5. The molecule has 20 heavy (non-hydrogen) atoms. The predicted octanol–water partition coefficient (Wildman–Crippen LogP) is 1.12. The molecule has 3 rings (SSSR count). The number of benzene rings is 1. The third-order valence-corrected chi connectivity index (χ3v) is 3.58. The van der Waals surface area contributed by atoms with Crippen molar-refractivity contribution in [2.75, 3.05) is 38.1 Å². The Morgan fingerprint density at radius 2 is 1.95 bits per heavy atom. The quantitative estimate of drug-likeness (QED) is 0.904. The minimum absolute atomic E-state index is 0.256. The summed E-state index contributed by atoms with van der Waals surface area (Å²) >= 11 is 0. The Balaban J connectivity index is 1.69. The molecule has 0 aliphatic carbocycles. The van der Waals surface area contributed by atoms with Gasteiger partial charge in [-0.25, -0.2) is 0 Å². The Hall–Kier alpha value is -2.08. The molecule has 106 valence electrons. The summed E-state index contributed by atoms with van der Waals surface area (Å²) in [5, 5.41) is 13.8. The van der Waals surface area contributed by atoms with E-state index in [1.807, 2.05) is 12.1 Å². The largest absolute Gasteiger partial charge is 0.508 e. The van der Waals surface area contributed by atoms with E-state index in [0.717, 1.165) is 31.7 Å². The predicted molar refractivity (Wildman–Crippen MR) is 74.9 cm³/mol. The van der Waals surface area contributed by atoms with Crippen molar-refractivity contribution in [3.63, 3.8) is 0 Å². The van der Waals surface area contributed by atoms with Crippen molar-refractivity contribution < 1.29 is 9.63 Å². The number of likely N-dealkylation sites (N-methyl/N-ethyl adjacent to an activating group) is 1. The molecule has 0 atom stereocenters. The molecule has 0 amide bonds. The molecule has 2 heterocycles. The molecule has 0 unspecified atom stereocenters. The number of phenols is 1. The number of aromatic nitrogens is 2. The Morgan fingerprint density at radius 3 is 2.70 bits per heavy atom. The molecule has 0 radical (unpaired) electrons. The van der Waals surface area contributed by atoms with Crippen molar-refractivity contribution in [2.24, 2.45) is 0 Å². The van der Waals surface area contributed by atoms with E-state index in [0.29, 0.717) is 18.3 Å². The van der Waals surface area contributed by atoms with Crippen LogP contribution in [0.15, 0.2) is 28.8 Å². The summed E-state index contributed by atoms with van der Waals surface area (Å²) in [6, 6.07) is 7.19. The van der Waals surface area contributed by atoms with Gasteiger partial charge in [0.05, 0.1) is 6.42 Å². The minimum Gasteiger partial charge on any atom is -0.508 e. The van der Waals surface area contributed by atoms with Gasteiger partial charge in [0, 0.05) is 31.7 Å². The number of hydrogen-bond donors (Lipinski definition) is 1. The van der Waals surface area contributed by atoms with E-state index in [1.165, 1.54) is 0 Å². The van der Waals surface area contributed by atoms with Crippen LogP contribution < -0.4 is 4.90 Å². The van der Waals surface area contributed by atoms with Crippen LogP contribution in [0.2, 0.25) is 0 Å². The number of phenolic OH excluding ortho intramolecular Hbond substituents is 1. The summed E-state index contributed by atoms with van der Waals surface area (Å²) in [4.78, 5) is 8.81. The van der Waals surface area contributed by atoms with Gasteiger partial charge in [-0.2, -0.15) is 4.98 Å². The second-order valence-electron chi connectivity index (χ2n) is 5.08. The highest BCUT2D eigenvalue weighted by Gasteiger charge is 2.19. The van der Waals surface area contributed by atoms with Crippen LogP contribution in [0.5, 0.6) is 5.75 Å². The normalized spacial score (nSPS) is 16.6. The maximum Gasteiger partial charge on any atom is 0.266 e. The number of rotatable bonds is 3. The van der Waals surface area contributed by atoms with E-state index in [-0.39, 0.29) is 5.75 Å². The smallest absolute Gasteiger partial charge is 0.266 e. The van der Waals surface area contributed by atoms with Gasteiger partial charge in [-0.15, -0.1) is 0 Å². The average molecular weight is 274 g/mol. The van der Waals surface area contributed by atoms with Gasteiger partial charge in [-0.3, -0.25) is 0 Å². The minimum atomic E-state index is 0.256. The van der Waals surface area contributed by atoms with Gasteiger partial charge in [0.25, 0.3) is 5.95 Å². The lowest BCUT2D eigenvalue weighted by molar-refractivity contribution is 0.308. The number of aromatic hydroxyl groups is 1. The summed E-state index contributed by atoms with van der Waals surface area (Å²) in [5.74, 6) is 1.43. The van der Waals surface area contributed by atoms with Crippen molar-refractivity contribution in [3.8, 4) is 5.75 Å². The molecular formula is C14H18N4O2. The summed E-state index contributed by atoms with van der Waals surface area (Å²) in [6.07, 6.45) is 0.452. The molecule has 0 spiro atoms. The zero-order chi connectivity index (χ0) is 13.9. The molecule has 1 aliphatic heterocycles. The molecule has 1 saturated heterocycles. The van der Waals surface area contributed by atoms with Gasteiger partial charge in [0.1, 0.15) is 5.75 Å². The SMILES string of the molecule is CN1CCN(c2noc(Cc3ccccc3O)n2)CC1. The van der Waals surface area contributed by atoms with E-state index in [2.05, 4.69) is 27.0 Å². The highest BCUT2D eigenvalue weighted by Crippen LogP contribution is 2.20. The number of piperazine rings is 1. The molecule has 1 aromatic carbocycles. The van der Waals surface area contributed by atoms with Crippen molar-refractivity contribution in [3.05, 3.63) is 35.7 Å². The number of nitrogens with zero attached hydrogens (tertiary/aromatic N) is 4. The van der Waals surface area contributed by atoms with Crippen LogP contribution in [0.3, 0.4) is 0 Å². The summed E-state index contributed by atoms with van der Waals surface area (Å²) < 4.78 is 5.28. The van der Waals surface area contributed by atoms with Crippen LogP contribution in [-0.4, -0.2) is 53.4 Å². The molecule has 1 aliphatic rings. The van der Waals surface area contributed by atoms with Gasteiger partial charge in [0.2, 0.25) is 5.89 Å². The fourth-order valence-corrected chi connectivity index (χ4v) is 2.28. The fraction of sp³-hybridized carbons (Fsp3) is 0.429. The number of para-hydroxylation sites is 1. The topological polar surface area (TPSA) is 65.6 Å². The summed E-state index contributed by atoms with van der Waals surface area (Å²) in [7, 11) is 2.11. The lowest BCUT2D eigenvalue weighted by atomic mass is 10.1. The van der Waals surface area contributed by atoms with Crippen LogP contribution in [0.25, 0.3) is 0 Å². The Morgan fingerprint density at radius 1 is 1.20 bits per heavy atom. The Labute approximate surface area is 117 Å². The Kier molecular flexibility index (Phi) is 3.56. The van der Waals surface area contributed by atoms with E-state index in [1.54, 1.807) is 12.1 Å². The monoisotopic (exact) mass is 274 g/mol. The van der Waals surface area contributed by atoms with Crippen LogP contribution >= 0.6 is 0 Å². The van der Waals surface area contributed by atoms with Crippen molar-refractivity contribution >= 4 is 5.95 Å². The highest BCUT2D eigenvalue weighted by atomic mass is 16.5. The Bertz CT molecular complexity index is 576. The van der Waals surface area contributed by atoms with Gasteiger partial charge >= 0.3 is 0 Å². The van der Waals surface area contributed by atoms with E-state index in [9.17, 15) is 5.11 Å².